The van der Waals surface area contributed by atoms with Crippen LogP contribution in [0.15, 0.2) is 18.2 Å². The Hall–Kier alpha value is -1.06. The van der Waals surface area contributed by atoms with Crippen molar-refractivity contribution in [2.75, 3.05) is 6.61 Å². The second-order valence-electron chi connectivity index (χ2n) is 4.84. The Labute approximate surface area is 97.1 Å². The summed E-state index contributed by atoms with van der Waals surface area (Å²) in [4.78, 5) is 0. The molecule has 0 saturated heterocycles. The lowest BCUT2D eigenvalue weighted by Gasteiger charge is -2.25. The van der Waals surface area contributed by atoms with Gasteiger partial charge < -0.3 is 15.5 Å². The van der Waals surface area contributed by atoms with Gasteiger partial charge in [0, 0.05) is 24.3 Å². The van der Waals surface area contributed by atoms with Gasteiger partial charge in [-0.1, -0.05) is 17.7 Å². The van der Waals surface area contributed by atoms with Crippen LogP contribution in [0, 0.1) is 6.92 Å². The van der Waals surface area contributed by atoms with E-state index in [9.17, 15) is 5.11 Å². The molecule has 0 aliphatic carbocycles. The summed E-state index contributed by atoms with van der Waals surface area (Å²) >= 11 is 0. The van der Waals surface area contributed by atoms with Gasteiger partial charge in [0.15, 0.2) is 0 Å². The lowest BCUT2D eigenvalue weighted by Crippen LogP contribution is -2.39. The van der Waals surface area contributed by atoms with E-state index in [0.29, 0.717) is 18.7 Å². The van der Waals surface area contributed by atoms with Crippen molar-refractivity contribution in [3.8, 4) is 5.75 Å². The minimum atomic E-state index is -0.120. The third-order valence-corrected chi connectivity index (χ3v) is 2.73. The number of rotatable bonds is 5. The topological polar surface area (TPSA) is 52.5 Å². The van der Waals surface area contributed by atoms with Gasteiger partial charge in [-0.25, -0.2) is 0 Å². The molecule has 3 N–H and O–H groups in total. The number of aryl methyl sites for hydroxylation is 1. The Balaban J connectivity index is 2.63. The molecular formula is C13H21NO2. The number of phenols is 1. The number of nitrogens with one attached hydrogen (secondary N) is 1. The number of hydrogen-bond acceptors (Lipinski definition) is 3. The molecule has 0 radical (unpaired) electrons. The standard InChI is InChI=1S/C13H21NO2/c1-10-4-5-12(16)11(8-10)9-14-13(2,3)6-7-15/h4-5,8,14-16H,6-7,9H2,1-3H3. The normalized spacial score (nSPS) is 11.8. The van der Waals surface area contributed by atoms with E-state index >= 15 is 0 Å². The fraction of sp³-hybridized carbons (Fsp3) is 0.538. The third kappa shape index (κ3) is 3.83. The zero-order chi connectivity index (χ0) is 12.2. The minimum Gasteiger partial charge on any atom is -0.508 e. The van der Waals surface area contributed by atoms with Crippen molar-refractivity contribution in [2.45, 2.75) is 39.3 Å². The Morgan fingerprint density at radius 2 is 2.00 bits per heavy atom. The molecule has 0 heterocycles. The highest BCUT2D eigenvalue weighted by Crippen LogP contribution is 2.19. The Kier molecular flexibility index (Phi) is 4.33. The highest BCUT2D eigenvalue weighted by atomic mass is 16.3. The van der Waals surface area contributed by atoms with Crippen LogP contribution in [-0.2, 0) is 6.54 Å². The lowest BCUT2D eigenvalue weighted by atomic mass is 10.0. The Morgan fingerprint density at radius 1 is 1.31 bits per heavy atom. The lowest BCUT2D eigenvalue weighted by molar-refractivity contribution is 0.229. The van der Waals surface area contributed by atoms with E-state index in [-0.39, 0.29) is 12.1 Å². The van der Waals surface area contributed by atoms with Crippen LogP contribution in [0.1, 0.15) is 31.4 Å². The van der Waals surface area contributed by atoms with Crippen molar-refractivity contribution < 1.29 is 10.2 Å². The van der Waals surface area contributed by atoms with Crippen molar-refractivity contribution in [3.05, 3.63) is 29.3 Å². The SMILES string of the molecule is Cc1ccc(O)c(CNC(C)(C)CCO)c1. The maximum Gasteiger partial charge on any atom is 0.120 e. The number of hydrogen-bond donors (Lipinski definition) is 3. The summed E-state index contributed by atoms with van der Waals surface area (Å²) in [6, 6.07) is 5.57. The number of aromatic hydroxyl groups is 1. The second-order valence-corrected chi connectivity index (χ2v) is 4.84. The maximum absolute atomic E-state index is 9.67. The van der Waals surface area contributed by atoms with E-state index in [1.807, 2.05) is 32.9 Å². The summed E-state index contributed by atoms with van der Waals surface area (Å²) in [5, 5.41) is 21.9. The second kappa shape index (κ2) is 5.32. The summed E-state index contributed by atoms with van der Waals surface area (Å²) in [5.74, 6) is 0.317. The fourth-order valence-corrected chi connectivity index (χ4v) is 1.56. The van der Waals surface area contributed by atoms with Crippen LogP contribution in [-0.4, -0.2) is 22.4 Å². The molecule has 0 saturated carbocycles. The van der Waals surface area contributed by atoms with Gasteiger partial charge in [0.25, 0.3) is 0 Å². The molecular weight excluding hydrogens is 202 g/mol. The summed E-state index contributed by atoms with van der Waals surface area (Å²) in [5.41, 5.74) is 1.91. The smallest absolute Gasteiger partial charge is 0.120 e. The molecule has 90 valence electrons. The van der Waals surface area contributed by atoms with Crippen molar-refractivity contribution in [3.63, 3.8) is 0 Å². The van der Waals surface area contributed by atoms with Crippen molar-refractivity contribution in [2.24, 2.45) is 0 Å². The summed E-state index contributed by atoms with van der Waals surface area (Å²) in [6.07, 6.45) is 0.694. The van der Waals surface area contributed by atoms with Crippen LogP contribution < -0.4 is 5.32 Å². The van der Waals surface area contributed by atoms with Crippen LogP contribution in [0.4, 0.5) is 0 Å². The van der Waals surface area contributed by atoms with Gasteiger partial charge in [-0.3, -0.25) is 0 Å². The van der Waals surface area contributed by atoms with Crippen LogP contribution in [0.2, 0.25) is 0 Å². The summed E-state index contributed by atoms with van der Waals surface area (Å²) < 4.78 is 0. The van der Waals surface area contributed by atoms with Crippen LogP contribution in [0.5, 0.6) is 5.75 Å². The number of aliphatic hydroxyl groups is 1. The van der Waals surface area contributed by atoms with E-state index < -0.39 is 0 Å². The molecule has 3 heteroatoms. The first-order valence-electron chi connectivity index (χ1n) is 5.59. The van der Waals surface area contributed by atoms with Gasteiger partial charge in [0.1, 0.15) is 5.75 Å². The fourth-order valence-electron chi connectivity index (χ4n) is 1.56. The van der Waals surface area contributed by atoms with Crippen molar-refractivity contribution in [1.29, 1.82) is 0 Å². The van der Waals surface area contributed by atoms with Crippen LogP contribution in [0.3, 0.4) is 0 Å². The molecule has 1 aromatic carbocycles. The molecule has 0 spiro atoms. The molecule has 0 bridgehead atoms. The largest absolute Gasteiger partial charge is 0.508 e. The number of benzene rings is 1. The molecule has 3 nitrogen and oxygen atoms in total. The average molecular weight is 223 g/mol. The van der Waals surface area contributed by atoms with Gasteiger partial charge in [-0.15, -0.1) is 0 Å². The van der Waals surface area contributed by atoms with Crippen molar-refractivity contribution >= 4 is 0 Å². The molecule has 0 aliphatic heterocycles. The predicted molar refractivity (Wildman–Crippen MR) is 65.5 cm³/mol. The molecule has 0 aliphatic rings. The molecule has 0 amide bonds. The van der Waals surface area contributed by atoms with Crippen LogP contribution >= 0.6 is 0 Å². The summed E-state index contributed by atoms with van der Waals surface area (Å²) in [6.45, 7) is 6.86. The van der Waals surface area contributed by atoms with Crippen LogP contribution in [0.25, 0.3) is 0 Å². The van der Waals surface area contributed by atoms with E-state index in [4.69, 9.17) is 5.11 Å². The first-order valence-corrected chi connectivity index (χ1v) is 5.59. The Bertz CT molecular complexity index is 348. The minimum absolute atomic E-state index is 0.120. The highest BCUT2D eigenvalue weighted by molar-refractivity contribution is 5.35. The van der Waals surface area contributed by atoms with Gasteiger partial charge in [-0.05, 0) is 33.3 Å². The van der Waals surface area contributed by atoms with Gasteiger partial charge in [-0.2, -0.15) is 0 Å². The Morgan fingerprint density at radius 3 is 2.62 bits per heavy atom. The molecule has 16 heavy (non-hydrogen) atoms. The molecule has 0 aromatic heterocycles. The van der Waals surface area contributed by atoms with E-state index in [2.05, 4.69) is 5.32 Å². The summed E-state index contributed by atoms with van der Waals surface area (Å²) in [7, 11) is 0. The first kappa shape index (κ1) is 13.0. The van der Waals surface area contributed by atoms with Gasteiger partial charge >= 0.3 is 0 Å². The molecule has 0 atom stereocenters. The maximum atomic E-state index is 9.67. The van der Waals surface area contributed by atoms with Gasteiger partial charge in [0.05, 0.1) is 0 Å². The van der Waals surface area contributed by atoms with E-state index in [1.54, 1.807) is 6.07 Å². The predicted octanol–water partition coefficient (Wildman–Crippen LogP) is 1.95. The van der Waals surface area contributed by atoms with E-state index in [1.165, 1.54) is 0 Å². The third-order valence-electron chi connectivity index (χ3n) is 2.73. The quantitative estimate of drug-likeness (QED) is 0.715. The molecule has 1 rings (SSSR count). The molecule has 1 aromatic rings. The number of aliphatic hydroxyl groups excluding tert-OH is 1. The van der Waals surface area contributed by atoms with Crippen molar-refractivity contribution in [1.82, 2.24) is 5.32 Å². The van der Waals surface area contributed by atoms with E-state index in [0.717, 1.165) is 11.1 Å². The molecule has 0 unspecified atom stereocenters. The molecule has 0 fully saturated rings. The average Bonchev–Trinajstić information content (AvgIpc) is 2.19. The first-order chi connectivity index (χ1) is 7.44. The number of phenolic OH excluding ortho intramolecular Hbond substituents is 1. The zero-order valence-corrected chi connectivity index (χ0v) is 10.2. The highest BCUT2D eigenvalue weighted by Gasteiger charge is 2.16. The van der Waals surface area contributed by atoms with Gasteiger partial charge in [0.2, 0.25) is 0 Å². The zero-order valence-electron chi connectivity index (χ0n) is 10.2. The monoisotopic (exact) mass is 223 g/mol.